The first kappa shape index (κ1) is 10.7. The number of ether oxygens (including phenoxy) is 1. The van der Waals surface area contributed by atoms with E-state index >= 15 is 0 Å². The van der Waals surface area contributed by atoms with Gasteiger partial charge in [-0.05, 0) is 6.42 Å². The quantitative estimate of drug-likeness (QED) is 0.710. The van der Waals surface area contributed by atoms with Gasteiger partial charge in [-0.1, -0.05) is 5.16 Å². The van der Waals surface area contributed by atoms with Crippen molar-refractivity contribution >= 4 is 5.91 Å². The maximum atomic E-state index is 11.0. The minimum atomic E-state index is -0.0868. The molecular formula is C10H14N4O3. The van der Waals surface area contributed by atoms with Crippen LogP contribution in [0.1, 0.15) is 30.1 Å². The predicted octanol–water partition coefficient (Wildman–Crippen LogP) is -0.666. The second-order valence-corrected chi connectivity index (χ2v) is 4.29. The minimum Gasteiger partial charge on any atom is -0.381 e. The number of hydrogen-bond donors (Lipinski definition) is 2. The van der Waals surface area contributed by atoms with Gasteiger partial charge in [-0.15, -0.1) is 0 Å². The van der Waals surface area contributed by atoms with Crippen molar-refractivity contribution in [3.63, 3.8) is 0 Å². The SMILES string of the molecule is O=C1CNC(c2nc(C3CCOC3)no2)CN1. The molecule has 2 N–H and O–H groups in total. The van der Waals surface area contributed by atoms with Crippen LogP contribution in [0.3, 0.4) is 0 Å². The van der Waals surface area contributed by atoms with Crippen LogP contribution in [0.2, 0.25) is 0 Å². The summed E-state index contributed by atoms with van der Waals surface area (Å²) < 4.78 is 10.5. The fraction of sp³-hybridized carbons (Fsp3) is 0.700. The van der Waals surface area contributed by atoms with Crippen molar-refractivity contribution < 1.29 is 14.1 Å². The van der Waals surface area contributed by atoms with Crippen LogP contribution in [-0.4, -0.2) is 42.4 Å². The molecule has 2 aliphatic rings. The van der Waals surface area contributed by atoms with E-state index in [0.29, 0.717) is 24.9 Å². The molecule has 2 unspecified atom stereocenters. The van der Waals surface area contributed by atoms with E-state index in [2.05, 4.69) is 20.8 Å². The standard InChI is InChI=1S/C10H14N4O3/c15-8-4-11-7(3-12-8)10-13-9(14-17-10)6-1-2-16-5-6/h6-7,11H,1-5H2,(H,12,15). The zero-order valence-electron chi connectivity index (χ0n) is 9.31. The smallest absolute Gasteiger partial charge is 0.245 e. The summed E-state index contributed by atoms with van der Waals surface area (Å²) in [5, 5.41) is 9.78. The average molecular weight is 238 g/mol. The molecule has 0 spiro atoms. The van der Waals surface area contributed by atoms with Gasteiger partial charge in [0.1, 0.15) is 6.04 Å². The second kappa shape index (κ2) is 4.42. The van der Waals surface area contributed by atoms with E-state index < -0.39 is 0 Å². The summed E-state index contributed by atoms with van der Waals surface area (Å²) in [7, 11) is 0. The lowest BCUT2D eigenvalue weighted by Crippen LogP contribution is -2.47. The van der Waals surface area contributed by atoms with Crippen LogP contribution in [0.25, 0.3) is 0 Å². The summed E-state index contributed by atoms with van der Waals surface area (Å²) in [5.74, 6) is 1.47. The van der Waals surface area contributed by atoms with Crippen molar-refractivity contribution in [3.05, 3.63) is 11.7 Å². The summed E-state index contributed by atoms with van der Waals surface area (Å²) >= 11 is 0. The van der Waals surface area contributed by atoms with Crippen LogP contribution in [0.15, 0.2) is 4.52 Å². The van der Waals surface area contributed by atoms with Crippen LogP contribution in [-0.2, 0) is 9.53 Å². The Balaban J connectivity index is 1.69. The summed E-state index contributed by atoms with van der Waals surface area (Å²) in [6.07, 6.45) is 0.938. The third-order valence-corrected chi connectivity index (χ3v) is 3.06. The van der Waals surface area contributed by atoms with Gasteiger partial charge < -0.3 is 14.6 Å². The Morgan fingerprint density at radius 2 is 2.35 bits per heavy atom. The van der Waals surface area contributed by atoms with Gasteiger partial charge in [-0.3, -0.25) is 10.1 Å². The van der Waals surface area contributed by atoms with Crippen molar-refractivity contribution in [1.82, 2.24) is 20.8 Å². The third-order valence-electron chi connectivity index (χ3n) is 3.06. The zero-order chi connectivity index (χ0) is 11.7. The monoisotopic (exact) mass is 238 g/mol. The largest absolute Gasteiger partial charge is 0.381 e. The molecule has 0 saturated carbocycles. The molecule has 7 nitrogen and oxygen atoms in total. The lowest BCUT2D eigenvalue weighted by molar-refractivity contribution is -0.121. The fourth-order valence-electron chi connectivity index (χ4n) is 2.03. The number of carbonyl (C=O) groups is 1. The van der Waals surface area contributed by atoms with Crippen LogP contribution < -0.4 is 10.6 Å². The van der Waals surface area contributed by atoms with E-state index in [9.17, 15) is 4.79 Å². The first-order valence-corrected chi connectivity index (χ1v) is 5.74. The molecule has 2 saturated heterocycles. The number of rotatable bonds is 2. The molecule has 0 radical (unpaired) electrons. The second-order valence-electron chi connectivity index (χ2n) is 4.29. The Bertz CT molecular complexity index is 403. The van der Waals surface area contributed by atoms with E-state index in [1.54, 1.807) is 0 Å². The van der Waals surface area contributed by atoms with Gasteiger partial charge in [-0.25, -0.2) is 0 Å². The fourth-order valence-corrected chi connectivity index (χ4v) is 2.03. The van der Waals surface area contributed by atoms with Crippen molar-refractivity contribution in [1.29, 1.82) is 0 Å². The Morgan fingerprint density at radius 3 is 3.06 bits per heavy atom. The molecule has 0 bridgehead atoms. The molecule has 2 atom stereocenters. The molecule has 1 amide bonds. The van der Waals surface area contributed by atoms with Crippen molar-refractivity contribution in [2.45, 2.75) is 18.4 Å². The Morgan fingerprint density at radius 1 is 1.41 bits per heavy atom. The van der Waals surface area contributed by atoms with E-state index in [4.69, 9.17) is 9.26 Å². The van der Waals surface area contributed by atoms with Crippen LogP contribution >= 0.6 is 0 Å². The van der Waals surface area contributed by atoms with E-state index in [1.165, 1.54) is 0 Å². The average Bonchev–Trinajstić information content (AvgIpc) is 3.00. The number of carbonyl (C=O) groups excluding carboxylic acids is 1. The van der Waals surface area contributed by atoms with Crippen molar-refractivity contribution in [2.75, 3.05) is 26.3 Å². The molecule has 92 valence electrons. The number of hydrogen-bond acceptors (Lipinski definition) is 6. The van der Waals surface area contributed by atoms with Gasteiger partial charge in [0.25, 0.3) is 0 Å². The van der Waals surface area contributed by atoms with E-state index in [0.717, 1.165) is 13.0 Å². The molecule has 1 aromatic heterocycles. The van der Waals surface area contributed by atoms with E-state index in [-0.39, 0.29) is 24.4 Å². The first-order chi connectivity index (χ1) is 8.33. The topological polar surface area (TPSA) is 89.3 Å². The number of amides is 1. The van der Waals surface area contributed by atoms with Gasteiger partial charge >= 0.3 is 0 Å². The Labute approximate surface area is 97.9 Å². The number of aromatic nitrogens is 2. The Hall–Kier alpha value is -1.47. The maximum Gasteiger partial charge on any atom is 0.245 e. The van der Waals surface area contributed by atoms with Crippen molar-refractivity contribution in [3.8, 4) is 0 Å². The van der Waals surface area contributed by atoms with Crippen molar-refractivity contribution in [2.24, 2.45) is 0 Å². The lowest BCUT2D eigenvalue weighted by atomic mass is 10.1. The minimum absolute atomic E-state index is 0.00909. The Kier molecular flexibility index (Phi) is 2.77. The van der Waals surface area contributed by atoms with Crippen LogP contribution in [0, 0.1) is 0 Å². The first-order valence-electron chi connectivity index (χ1n) is 5.74. The molecule has 3 heterocycles. The zero-order valence-corrected chi connectivity index (χ0v) is 9.31. The summed E-state index contributed by atoms with van der Waals surface area (Å²) in [6.45, 7) is 2.19. The normalized spacial score (nSPS) is 29.3. The summed E-state index contributed by atoms with van der Waals surface area (Å²) in [5.41, 5.74) is 0. The lowest BCUT2D eigenvalue weighted by Gasteiger charge is -2.20. The van der Waals surface area contributed by atoms with Crippen LogP contribution in [0.5, 0.6) is 0 Å². The number of piperazine rings is 1. The molecule has 1 aromatic rings. The predicted molar refractivity (Wildman–Crippen MR) is 56.2 cm³/mol. The van der Waals surface area contributed by atoms with Gasteiger partial charge in [0.05, 0.1) is 13.2 Å². The summed E-state index contributed by atoms with van der Waals surface area (Å²) in [4.78, 5) is 15.4. The molecule has 0 aromatic carbocycles. The molecule has 2 fully saturated rings. The van der Waals surface area contributed by atoms with Gasteiger partial charge in [-0.2, -0.15) is 4.98 Å². The molecule has 7 heteroatoms. The number of nitrogens with one attached hydrogen (secondary N) is 2. The highest BCUT2D eigenvalue weighted by atomic mass is 16.5. The molecular weight excluding hydrogens is 224 g/mol. The highest BCUT2D eigenvalue weighted by Crippen LogP contribution is 2.23. The van der Waals surface area contributed by atoms with E-state index in [1.807, 2.05) is 0 Å². The molecule has 2 aliphatic heterocycles. The summed E-state index contributed by atoms with van der Waals surface area (Å²) in [6, 6.07) is -0.0868. The highest BCUT2D eigenvalue weighted by molar-refractivity contribution is 5.78. The van der Waals surface area contributed by atoms with Gasteiger partial charge in [0.15, 0.2) is 5.82 Å². The van der Waals surface area contributed by atoms with Gasteiger partial charge in [0.2, 0.25) is 11.8 Å². The van der Waals surface area contributed by atoms with Gasteiger partial charge in [0, 0.05) is 19.1 Å². The maximum absolute atomic E-state index is 11.0. The van der Waals surface area contributed by atoms with Crippen LogP contribution in [0.4, 0.5) is 0 Å². The number of nitrogens with zero attached hydrogens (tertiary/aromatic N) is 2. The third kappa shape index (κ3) is 2.16. The highest BCUT2D eigenvalue weighted by Gasteiger charge is 2.27. The molecule has 3 rings (SSSR count). The molecule has 17 heavy (non-hydrogen) atoms. The molecule has 0 aliphatic carbocycles.